The van der Waals surface area contributed by atoms with E-state index in [1.165, 1.54) is 13.2 Å². The van der Waals surface area contributed by atoms with Crippen LogP contribution in [0.25, 0.3) is 6.08 Å². The van der Waals surface area contributed by atoms with E-state index in [0.29, 0.717) is 11.1 Å². The molecule has 2 aromatic carbocycles. The van der Waals surface area contributed by atoms with Crippen molar-refractivity contribution >= 4 is 33.2 Å². The summed E-state index contributed by atoms with van der Waals surface area (Å²) in [5.74, 6) is -0.678. The van der Waals surface area contributed by atoms with Crippen LogP contribution >= 0.6 is 0 Å². The summed E-state index contributed by atoms with van der Waals surface area (Å²) in [5.41, 5.74) is -1.41. The number of aliphatic hydroxyl groups is 1. The van der Waals surface area contributed by atoms with Crippen LogP contribution in [0.2, 0.25) is 0 Å². The molecule has 36 heavy (non-hydrogen) atoms. The second kappa shape index (κ2) is 10.9. The number of rotatable bonds is 10. The lowest BCUT2D eigenvalue weighted by molar-refractivity contribution is -0.386. The molecule has 2 N–H and O–H groups in total. The Kier molecular flexibility index (Phi) is 8.17. The number of carbonyl (C=O) groups excluding carboxylic acids is 1. The molecule has 0 heterocycles. The summed E-state index contributed by atoms with van der Waals surface area (Å²) in [4.78, 5) is 22.7. The topological polar surface area (TPSA) is 170 Å². The van der Waals surface area contributed by atoms with Gasteiger partial charge in [0, 0.05) is 31.9 Å². The summed E-state index contributed by atoms with van der Waals surface area (Å²) < 4.78 is 35.2. The van der Waals surface area contributed by atoms with Gasteiger partial charge in [-0.25, -0.2) is 8.42 Å². The van der Waals surface area contributed by atoms with Crippen molar-refractivity contribution in [1.82, 2.24) is 5.32 Å². The zero-order valence-corrected chi connectivity index (χ0v) is 20.7. The Balaban J connectivity index is 2.16. The van der Waals surface area contributed by atoms with Crippen molar-refractivity contribution in [2.24, 2.45) is 10.2 Å². The number of carbonyl (C=O) groups is 1. The van der Waals surface area contributed by atoms with E-state index in [1.807, 2.05) is 0 Å². The van der Waals surface area contributed by atoms with Gasteiger partial charge >= 0.3 is 5.69 Å². The second-order valence-electron chi connectivity index (χ2n) is 7.95. The Morgan fingerprint density at radius 3 is 2.64 bits per heavy atom. The maximum atomic E-state index is 12.5. The Morgan fingerprint density at radius 2 is 2.00 bits per heavy atom. The molecule has 2 atom stereocenters. The lowest BCUT2D eigenvalue weighted by Gasteiger charge is -2.35. The maximum Gasteiger partial charge on any atom is 0.312 e. The average Bonchev–Trinajstić information content (AvgIpc) is 2.84. The van der Waals surface area contributed by atoms with Crippen LogP contribution in [0.3, 0.4) is 0 Å². The Morgan fingerprint density at radius 1 is 1.28 bits per heavy atom. The summed E-state index contributed by atoms with van der Waals surface area (Å²) in [6, 6.07) is 8.87. The molecular formula is C23H26N4O8S. The highest BCUT2D eigenvalue weighted by molar-refractivity contribution is 7.90. The number of aliphatic hydroxyl groups excluding tert-OH is 1. The largest absolute Gasteiger partial charge is 0.484 e. The molecule has 2 unspecified atom stereocenters. The average molecular weight is 519 g/mol. The molecule has 0 saturated carbocycles. The van der Waals surface area contributed by atoms with Crippen molar-refractivity contribution < 1.29 is 32.7 Å². The van der Waals surface area contributed by atoms with E-state index in [0.717, 1.165) is 18.4 Å². The van der Waals surface area contributed by atoms with Gasteiger partial charge in [-0.15, -0.1) is 0 Å². The van der Waals surface area contributed by atoms with Gasteiger partial charge in [-0.1, -0.05) is 37.3 Å². The van der Waals surface area contributed by atoms with Crippen LogP contribution in [0.5, 0.6) is 5.75 Å². The van der Waals surface area contributed by atoms with E-state index in [-0.39, 0.29) is 31.1 Å². The minimum absolute atomic E-state index is 0.0408. The van der Waals surface area contributed by atoms with Gasteiger partial charge in [0.1, 0.15) is 23.3 Å². The van der Waals surface area contributed by atoms with Gasteiger partial charge in [-0.2, -0.15) is 10.2 Å². The fourth-order valence-electron chi connectivity index (χ4n) is 3.53. The van der Waals surface area contributed by atoms with Crippen molar-refractivity contribution in [3.63, 3.8) is 0 Å². The Labute approximate surface area is 207 Å². The summed E-state index contributed by atoms with van der Waals surface area (Å²) >= 11 is 0. The first kappa shape index (κ1) is 26.9. The fourth-order valence-corrected chi connectivity index (χ4v) is 4.34. The normalized spacial score (nSPS) is 19.2. The molecule has 0 bridgehead atoms. The minimum Gasteiger partial charge on any atom is -0.484 e. The number of azo groups is 1. The molecule has 13 heteroatoms. The van der Waals surface area contributed by atoms with Crippen LogP contribution in [-0.2, 0) is 19.4 Å². The molecular weight excluding hydrogens is 492 g/mol. The van der Waals surface area contributed by atoms with E-state index in [9.17, 15) is 28.4 Å². The monoisotopic (exact) mass is 518 g/mol. The van der Waals surface area contributed by atoms with E-state index in [2.05, 4.69) is 15.5 Å². The summed E-state index contributed by atoms with van der Waals surface area (Å²) in [6.45, 7) is 1.71. The number of nitro groups is 1. The second-order valence-corrected chi connectivity index (χ2v) is 9.93. The summed E-state index contributed by atoms with van der Waals surface area (Å²) in [6.07, 6.45) is 2.72. The van der Waals surface area contributed by atoms with Crippen LogP contribution in [0, 0.1) is 10.1 Å². The Hall–Kier alpha value is -3.68. The van der Waals surface area contributed by atoms with E-state index in [4.69, 9.17) is 9.47 Å². The van der Waals surface area contributed by atoms with Gasteiger partial charge in [0.25, 0.3) is 0 Å². The lowest BCUT2D eigenvalue weighted by Crippen LogP contribution is -2.50. The van der Waals surface area contributed by atoms with Crippen molar-refractivity contribution in [3.05, 3.63) is 63.7 Å². The number of sulfone groups is 1. The first-order chi connectivity index (χ1) is 17.0. The third-order valence-corrected chi connectivity index (χ3v) is 6.52. The highest BCUT2D eigenvalue weighted by atomic mass is 32.2. The van der Waals surface area contributed by atoms with Crippen molar-refractivity contribution in [2.75, 3.05) is 26.6 Å². The highest BCUT2D eigenvalue weighted by Crippen LogP contribution is 2.40. The van der Waals surface area contributed by atoms with E-state index < -0.39 is 43.0 Å². The highest BCUT2D eigenvalue weighted by Gasteiger charge is 2.41. The molecule has 0 saturated heterocycles. The van der Waals surface area contributed by atoms with Gasteiger partial charge < -0.3 is 19.9 Å². The van der Waals surface area contributed by atoms with Crippen LogP contribution in [0.15, 0.2) is 57.6 Å². The number of nitrogens with zero attached hydrogens (tertiary/aromatic N) is 3. The molecule has 1 aliphatic rings. The summed E-state index contributed by atoms with van der Waals surface area (Å²) in [5, 5.41) is 33.6. The number of hydrogen-bond donors (Lipinski definition) is 2. The molecule has 0 fully saturated rings. The van der Waals surface area contributed by atoms with Gasteiger partial charge in [0.05, 0.1) is 11.5 Å². The molecule has 0 radical (unpaired) electrons. The number of amides is 1. The van der Waals surface area contributed by atoms with Crippen LogP contribution in [-0.4, -0.2) is 56.6 Å². The molecule has 1 amide bonds. The molecule has 192 valence electrons. The number of hydrogen-bond acceptors (Lipinski definition) is 10. The van der Waals surface area contributed by atoms with Gasteiger partial charge in [-0.3, -0.25) is 14.9 Å². The zero-order chi connectivity index (χ0) is 26.5. The number of ether oxygens (including phenoxy) is 2. The van der Waals surface area contributed by atoms with Gasteiger partial charge in [-0.05, 0) is 17.2 Å². The third-order valence-electron chi connectivity index (χ3n) is 5.39. The van der Waals surface area contributed by atoms with Gasteiger partial charge in [0.15, 0.2) is 15.6 Å². The third kappa shape index (κ3) is 5.75. The van der Waals surface area contributed by atoms with Crippen LogP contribution in [0.1, 0.15) is 30.6 Å². The quantitative estimate of drug-likeness (QED) is 0.209. The van der Waals surface area contributed by atoms with Crippen molar-refractivity contribution in [1.29, 1.82) is 0 Å². The van der Waals surface area contributed by atoms with Crippen LogP contribution in [0.4, 0.5) is 11.4 Å². The van der Waals surface area contributed by atoms with Crippen LogP contribution < -0.4 is 10.1 Å². The molecule has 2 aromatic rings. The van der Waals surface area contributed by atoms with Crippen molar-refractivity contribution in [3.8, 4) is 5.75 Å². The zero-order valence-electron chi connectivity index (χ0n) is 19.9. The number of benzene rings is 2. The first-order valence-corrected chi connectivity index (χ1v) is 12.8. The molecule has 3 rings (SSSR count). The molecule has 0 spiro atoms. The van der Waals surface area contributed by atoms with Gasteiger partial charge in [0.2, 0.25) is 11.6 Å². The Bertz CT molecular complexity index is 1330. The molecule has 1 aliphatic carbocycles. The standard InChI is InChI=1S/C23H26N4O8S/c1-4-21(28)24-23(10-9-15-7-5-6-8-16(15)22(23)29)26-25-17-13-19(35-12-11-34-2)18(27(30)31)14-20(17)36(3,32)33/h5-10,13-14,22,29H,4,11-12H2,1-3H3,(H,24,28)/b26-25+. The predicted molar refractivity (Wildman–Crippen MR) is 130 cm³/mol. The summed E-state index contributed by atoms with van der Waals surface area (Å²) in [7, 11) is -2.57. The fraction of sp³-hybridized carbons (Fsp3) is 0.348. The van der Waals surface area contributed by atoms with E-state index in [1.54, 1.807) is 37.3 Å². The maximum absolute atomic E-state index is 12.5. The first-order valence-electron chi connectivity index (χ1n) is 10.9. The number of methoxy groups -OCH3 is 1. The minimum atomic E-state index is -4.00. The molecule has 12 nitrogen and oxygen atoms in total. The molecule has 0 aliphatic heterocycles. The molecule has 0 aromatic heterocycles. The number of fused-ring (bicyclic) bond motifs is 1. The predicted octanol–water partition coefficient (Wildman–Crippen LogP) is 3.09. The SMILES string of the molecule is CCC(=O)NC1(/N=N/c2cc(OCCOC)c([N+](=O)[O-])cc2S(C)(=O)=O)C=Cc2ccccc2C1O. The lowest BCUT2D eigenvalue weighted by atomic mass is 9.87. The smallest absolute Gasteiger partial charge is 0.312 e. The number of nitro benzene ring substituents is 1. The van der Waals surface area contributed by atoms with Crippen molar-refractivity contribution in [2.45, 2.75) is 30.0 Å². The van der Waals surface area contributed by atoms with E-state index >= 15 is 0 Å². The number of nitrogens with one attached hydrogen (secondary N) is 1.